The molecule has 0 atom stereocenters. The van der Waals surface area contributed by atoms with Crippen LogP contribution < -0.4 is 15.2 Å². The Hall–Kier alpha value is -2.23. The molecule has 0 saturated carbocycles. The minimum Gasteiger partial charge on any atom is -0.494 e. The normalized spacial score (nSPS) is 10.2. The summed E-state index contributed by atoms with van der Waals surface area (Å²) in [6.07, 6.45) is 2.68. The molecule has 0 radical (unpaired) electrons. The van der Waals surface area contributed by atoms with Gasteiger partial charge in [0.1, 0.15) is 18.1 Å². The van der Waals surface area contributed by atoms with Crippen molar-refractivity contribution in [3.05, 3.63) is 48.3 Å². The number of hydrogen-bond acceptors (Lipinski definition) is 4. The maximum Gasteiger partial charge on any atom is 0.130 e. The minimum atomic E-state index is 0.403. The molecule has 0 aliphatic carbocycles. The number of nitrogens with zero attached hydrogens (tertiary/aromatic N) is 1. The number of anilines is 1. The number of nitrogens with two attached hydrogens (primary N) is 1. The number of benzene rings is 1. The first-order chi connectivity index (χ1) is 9.28. The molecular formula is C15H18N2O2. The Morgan fingerprint density at radius 3 is 2.37 bits per heavy atom. The lowest BCUT2D eigenvalue weighted by molar-refractivity contribution is 0.297. The van der Waals surface area contributed by atoms with Crippen molar-refractivity contribution in [3.8, 4) is 11.5 Å². The Bertz CT molecular complexity index is 512. The van der Waals surface area contributed by atoms with Crippen molar-refractivity contribution in [2.24, 2.45) is 0 Å². The predicted molar refractivity (Wildman–Crippen MR) is 75.2 cm³/mol. The summed E-state index contributed by atoms with van der Waals surface area (Å²) in [6, 6.07) is 11.1. The summed E-state index contributed by atoms with van der Waals surface area (Å²) in [6.45, 7) is 3.21. The molecule has 0 aliphatic heterocycles. The Labute approximate surface area is 113 Å². The Morgan fingerprint density at radius 2 is 1.74 bits per heavy atom. The van der Waals surface area contributed by atoms with Crippen LogP contribution in [0.25, 0.3) is 0 Å². The average molecular weight is 258 g/mol. The van der Waals surface area contributed by atoms with E-state index in [4.69, 9.17) is 15.2 Å². The van der Waals surface area contributed by atoms with Gasteiger partial charge in [-0.05, 0) is 42.8 Å². The third kappa shape index (κ3) is 4.17. The second-order valence-electron chi connectivity index (χ2n) is 4.19. The van der Waals surface area contributed by atoms with Gasteiger partial charge in [0.15, 0.2) is 0 Å². The molecule has 0 bridgehead atoms. The highest BCUT2D eigenvalue weighted by Gasteiger charge is 1.99. The van der Waals surface area contributed by atoms with Crippen LogP contribution in [0.3, 0.4) is 0 Å². The smallest absolute Gasteiger partial charge is 0.130 e. The lowest BCUT2D eigenvalue weighted by Gasteiger charge is -2.08. The molecule has 4 heteroatoms. The molecular weight excluding hydrogens is 240 g/mol. The zero-order chi connectivity index (χ0) is 13.5. The molecule has 1 aromatic carbocycles. The Kier molecular flexibility index (Phi) is 4.61. The van der Waals surface area contributed by atoms with Gasteiger partial charge in [-0.15, -0.1) is 0 Å². The van der Waals surface area contributed by atoms with Crippen molar-refractivity contribution in [2.75, 3.05) is 12.3 Å². The van der Waals surface area contributed by atoms with Crippen molar-refractivity contribution in [3.63, 3.8) is 0 Å². The summed E-state index contributed by atoms with van der Waals surface area (Å²) in [5, 5.41) is 0. The monoisotopic (exact) mass is 258 g/mol. The second kappa shape index (κ2) is 6.64. The van der Waals surface area contributed by atoms with Gasteiger partial charge in [0, 0.05) is 11.9 Å². The highest BCUT2D eigenvalue weighted by molar-refractivity contribution is 5.37. The van der Waals surface area contributed by atoms with Crippen molar-refractivity contribution >= 4 is 5.69 Å². The number of ether oxygens (including phenoxy) is 2. The predicted octanol–water partition coefficient (Wildman–Crippen LogP) is 3.03. The Balaban J connectivity index is 1.89. The van der Waals surface area contributed by atoms with Gasteiger partial charge < -0.3 is 15.2 Å². The standard InChI is InChI=1S/C15H18N2O2/c1-2-9-18-14-3-5-15(6-4-14)19-11-13-10-12(16)7-8-17-13/h3-8,10H,2,9,11H2,1H3,(H2,16,17). The number of pyridine rings is 1. The molecule has 0 amide bonds. The summed E-state index contributed by atoms with van der Waals surface area (Å²) in [5.74, 6) is 1.64. The molecule has 0 fully saturated rings. The third-order valence-corrected chi connectivity index (χ3v) is 2.52. The van der Waals surface area contributed by atoms with Gasteiger partial charge in [-0.3, -0.25) is 4.98 Å². The molecule has 2 rings (SSSR count). The number of nitrogen functional groups attached to an aromatic ring is 1. The lowest BCUT2D eigenvalue weighted by Crippen LogP contribution is -1.99. The molecule has 100 valence electrons. The average Bonchev–Trinajstić information content (AvgIpc) is 2.44. The first kappa shape index (κ1) is 13.2. The topological polar surface area (TPSA) is 57.4 Å². The van der Waals surface area contributed by atoms with Gasteiger partial charge in [-0.2, -0.15) is 0 Å². The van der Waals surface area contributed by atoms with Gasteiger partial charge in [0.25, 0.3) is 0 Å². The zero-order valence-electron chi connectivity index (χ0n) is 11.0. The van der Waals surface area contributed by atoms with Crippen LogP contribution in [-0.4, -0.2) is 11.6 Å². The lowest BCUT2D eigenvalue weighted by atomic mass is 10.3. The fourth-order valence-electron chi connectivity index (χ4n) is 1.59. The first-order valence-electron chi connectivity index (χ1n) is 6.34. The van der Waals surface area contributed by atoms with E-state index < -0.39 is 0 Å². The van der Waals surface area contributed by atoms with Crippen LogP contribution in [0.5, 0.6) is 11.5 Å². The molecule has 0 aliphatic rings. The molecule has 2 aromatic rings. The third-order valence-electron chi connectivity index (χ3n) is 2.52. The molecule has 0 spiro atoms. The summed E-state index contributed by atoms with van der Waals surface area (Å²) < 4.78 is 11.1. The fourth-order valence-corrected chi connectivity index (χ4v) is 1.59. The largest absolute Gasteiger partial charge is 0.494 e. The Morgan fingerprint density at radius 1 is 1.05 bits per heavy atom. The quantitative estimate of drug-likeness (QED) is 0.865. The molecule has 19 heavy (non-hydrogen) atoms. The molecule has 0 saturated heterocycles. The van der Waals surface area contributed by atoms with Crippen molar-refractivity contribution in [1.82, 2.24) is 4.98 Å². The molecule has 1 aromatic heterocycles. The number of aromatic nitrogens is 1. The van der Waals surface area contributed by atoms with E-state index in [9.17, 15) is 0 Å². The molecule has 0 unspecified atom stereocenters. The van der Waals surface area contributed by atoms with E-state index in [0.29, 0.717) is 12.3 Å². The van der Waals surface area contributed by atoms with Crippen LogP contribution in [0.2, 0.25) is 0 Å². The van der Waals surface area contributed by atoms with Crippen LogP contribution in [0.4, 0.5) is 5.69 Å². The molecule has 1 heterocycles. The van der Waals surface area contributed by atoms with Crippen LogP contribution in [-0.2, 0) is 6.61 Å². The van der Waals surface area contributed by atoms with Gasteiger partial charge >= 0.3 is 0 Å². The zero-order valence-corrected chi connectivity index (χ0v) is 11.0. The molecule has 4 nitrogen and oxygen atoms in total. The maximum absolute atomic E-state index is 5.68. The summed E-state index contributed by atoms with van der Waals surface area (Å²) in [7, 11) is 0. The summed E-state index contributed by atoms with van der Waals surface area (Å²) in [5.41, 5.74) is 7.18. The van der Waals surface area contributed by atoms with Crippen LogP contribution in [0.1, 0.15) is 19.0 Å². The van der Waals surface area contributed by atoms with E-state index in [0.717, 1.165) is 30.2 Å². The summed E-state index contributed by atoms with van der Waals surface area (Å²) >= 11 is 0. The van der Waals surface area contributed by atoms with E-state index in [1.165, 1.54) is 0 Å². The number of hydrogen-bond donors (Lipinski definition) is 1. The SMILES string of the molecule is CCCOc1ccc(OCc2cc(N)ccn2)cc1. The van der Waals surface area contributed by atoms with Gasteiger partial charge in [-0.25, -0.2) is 0 Å². The number of rotatable bonds is 6. The second-order valence-corrected chi connectivity index (χ2v) is 4.19. The van der Waals surface area contributed by atoms with E-state index in [1.807, 2.05) is 24.3 Å². The highest BCUT2D eigenvalue weighted by atomic mass is 16.5. The van der Waals surface area contributed by atoms with E-state index in [2.05, 4.69) is 11.9 Å². The summed E-state index contributed by atoms with van der Waals surface area (Å²) in [4.78, 5) is 4.18. The fraction of sp³-hybridized carbons (Fsp3) is 0.267. The minimum absolute atomic E-state index is 0.403. The van der Waals surface area contributed by atoms with Crippen molar-refractivity contribution in [1.29, 1.82) is 0 Å². The van der Waals surface area contributed by atoms with E-state index in [-0.39, 0.29) is 0 Å². The highest BCUT2D eigenvalue weighted by Crippen LogP contribution is 2.18. The van der Waals surface area contributed by atoms with Crippen LogP contribution >= 0.6 is 0 Å². The van der Waals surface area contributed by atoms with Crippen molar-refractivity contribution in [2.45, 2.75) is 20.0 Å². The van der Waals surface area contributed by atoms with Gasteiger partial charge in [0.2, 0.25) is 0 Å². The first-order valence-corrected chi connectivity index (χ1v) is 6.34. The van der Waals surface area contributed by atoms with Gasteiger partial charge in [-0.1, -0.05) is 6.92 Å². The maximum atomic E-state index is 5.68. The van der Waals surface area contributed by atoms with Gasteiger partial charge in [0.05, 0.1) is 12.3 Å². The van der Waals surface area contributed by atoms with Crippen LogP contribution in [0, 0.1) is 0 Å². The van der Waals surface area contributed by atoms with E-state index >= 15 is 0 Å². The van der Waals surface area contributed by atoms with E-state index in [1.54, 1.807) is 18.3 Å². The van der Waals surface area contributed by atoms with Crippen molar-refractivity contribution < 1.29 is 9.47 Å². The van der Waals surface area contributed by atoms with Crippen LogP contribution in [0.15, 0.2) is 42.6 Å². The molecule has 2 N–H and O–H groups in total.